The van der Waals surface area contributed by atoms with Crippen LogP contribution in [0.1, 0.15) is 28.9 Å². The van der Waals surface area contributed by atoms with Crippen molar-refractivity contribution in [2.24, 2.45) is 0 Å². The minimum atomic E-state index is -2.93. The van der Waals surface area contributed by atoms with E-state index in [4.69, 9.17) is 26.9 Å². The summed E-state index contributed by atoms with van der Waals surface area (Å²) < 4.78 is 34.2. The van der Waals surface area contributed by atoms with Crippen LogP contribution in [0.25, 0.3) is 17.8 Å². The van der Waals surface area contributed by atoms with Gasteiger partial charge < -0.3 is 20.2 Å². The lowest BCUT2D eigenvalue weighted by Gasteiger charge is -2.41. The number of hydrogen-bond donors (Lipinski definition) is 2. The molecule has 1 saturated heterocycles. The molecule has 0 amide bonds. The molecule has 4 rings (SSSR count). The van der Waals surface area contributed by atoms with Gasteiger partial charge in [-0.3, -0.25) is 0 Å². The number of nitrogens with zero attached hydrogens (tertiary/aromatic N) is 5. The lowest BCUT2D eigenvalue weighted by atomic mass is 10.1. The number of aryl methyl sites for hydroxylation is 1. The van der Waals surface area contributed by atoms with Crippen LogP contribution in [0.15, 0.2) is 18.2 Å². The second kappa shape index (κ2) is 9.85. The summed E-state index contributed by atoms with van der Waals surface area (Å²) in [5.74, 6) is 0.505. The van der Waals surface area contributed by atoms with Crippen LogP contribution in [0.4, 0.5) is 14.6 Å². The molecular weight excluding hydrogens is 466 g/mol. The first-order valence-electron chi connectivity index (χ1n) is 10.4. The number of nitriles is 1. The summed E-state index contributed by atoms with van der Waals surface area (Å²) >= 11 is 6.12. The number of aliphatic hydroxyl groups excluding tert-OH is 1. The van der Waals surface area contributed by atoms with E-state index in [9.17, 15) is 14.0 Å². The fourth-order valence-electron chi connectivity index (χ4n) is 3.91. The summed E-state index contributed by atoms with van der Waals surface area (Å²) in [6.07, 6.45) is 1.51. The third-order valence-electron chi connectivity index (χ3n) is 5.52. The van der Waals surface area contributed by atoms with Crippen LogP contribution < -0.4 is 15.3 Å². The van der Waals surface area contributed by atoms with Crippen molar-refractivity contribution in [3.8, 4) is 6.07 Å². The third-order valence-corrected chi connectivity index (χ3v) is 5.75. The number of anilines is 1. The summed E-state index contributed by atoms with van der Waals surface area (Å²) in [6.45, 7) is 2.74. The van der Waals surface area contributed by atoms with E-state index in [2.05, 4.69) is 10.1 Å². The SMILES string of the molecule is Cc1nc2c(C#N)c(C(F)F)nn2c(N2CC(OCCO)C2)c1/C=c1\ccc(Cl)c\c1=C\C=N. The van der Waals surface area contributed by atoms with E-state index in [1.165, 1.54) is 4.52 Å². The molecule has 0 saturated carbocycles. The maximum absolute atomic E-state index is 13.6. The van der Waals surface area contributed by atoms with Crippen molar-refractivity contribution < 1.29 is 18.6 Å². The Bertz CT molecular complexity index is 1410. The number of ether oxygens (including phenoxy) is 1. The van der Waals surface area contributed by atoms with Crippen molar-refractivity contribution in [2.45, 2.75) is 19.5 Å². The summed E-state index contributed by atoms with van der Waals surface area (Å²) in [7, 11) is 0. The summed E-state index contributed by atoms with van der Waals surface area (Å²) in [5, 5.41) is 32.0. The van der Waals surface area contributed by atoms with Crippen LogP contribution in [-0.4, -0.2) is 58.3 Å². The monoisotopic (exact) mass is 486 g/mol. The minimum absolute atomic E-state index is 0.0598. The molecule has 3 aromatic rings. The Labute approximate surface area is 198 Å². The van der Waals surface area contributed by atoms with Gasteiger partial charge in [-0.05, 0) is 41.6 Å². The molecule has 8 nitrogen and oxygen atoms in total. The van der Waals surface area contributed by atoms with Gasteiger partial charge in [-0.1, -0.05) is 17.7 Å². The summed E-state index contributed by atoms with van der Waals surface area (Å²) in [4.78, 5) is 6.36. The Kier molecular flexibility index (Phi) is 6.88. The molecule has 1 aromatic carbocycles. The highest BCUT2D eigenvalue weighted by Gasteiger charge is 2.33. The molecule has 1 aliphatic rings. The van der Waals surface area contributed by atoms with Crippen molar-refractivity contribution in [2.75, 3.05) is 31.2 Å². The molecule has 1 aliphatic heterocycles. The number of aromatic nitrogens is 3. The first-order chi connectivity index (χ1) is 16.4. The van der Waals surface area contributed by atoms with E-state index in [0.717, 1.165) is 11.4 Å². The topological polar surface area (TPSA) is 111 Å². The van der Waals surface area contributed by atoms with E-state index in [1.54, 1.807) is 31.2 Å². The fraction of sp³-hybridized carbons (Fsp3) is 0.304. The predicted octanol–water partition coefficient (Wildman–Crippen LogP) is 1.96. The molecule has 0 bridgehead atoms. The molecule has 11 heteroatoms. The zero-order chi connectivity index (χ0) is 24.4. The number of benzene rings is 1. The molecule has 0 atom stereocenters. The van der Waals surface area contributed by atoms with Gasteiger partial charge in [0.1, 0.15) is 23.1 Å². The first kappa shape index (κ1) is 23.8. The van der Waals surface area contributed by atoms with Crippen LogP contribution in [0.5, 0.6) is 0 Å². The minimum Gasteiger partial charge on any atom is -0.394 e. The maximum atomic E-state index is 13.6. The second-order valence-corrected chi connectivity index (χ2v) is 8.15. The first-order valence-corrected chi connectivity index (χ1v) is 10.8. The maximum Gasteiger partial charge on any atom is 0.283 e. The van der Waals surface area contributed by atoms with E-state index in [1.807, 2.05) is 17.0 Å². The van der Waals surface area contributed by atoms with Crippen LogP contribution in [-0.2, 0) is 4.74 Å². The summed E-state index contributed by atoms with van der Waals surface area (Å²) in [5.41, 5.74) is 0.331. The molecule has 0 radical (unpaired) electrons. The Morgan fingerprint density at radius 2 is 2.15 bits per heavy atom. The van der Waals surface area contributed by atoms with Gasteiger partial charge in [0, 0.05) is 29.9 Å². The van der Waals surface area contributed by atoms with Crippen molar-refractivity contribution in [3.05, 3.63) is 56.2 Å². The van der Waals surface area contributed by atoms with Crippen molar-refractivity contribution in [1.82, 2.24) is 14.6 Å². The highest BCUT2D eigenvalue weighted by atomic mass is 35.5. The largest absolute Gasteiger partial charge is 0.394 e. The van der Waals surface area contributed by atoms with Crippen LogP contribution >= 0.6 is 11.6 Å². The number of halogens is 3. The predicted molar refractivity (Wildman–Crippen MR) is 124 cm³/mol. The molecule has 176 valence electrons. The molecule has 34 heavy (non-hydrogen) atoms. The average Bonchev–Trinajstić information content (AvgIpc) is 3.14. The number of hydrogen-bond acceptors (Lipinski definition) is 7. The highest BCUT2D eigenvalue weighted by molar-refractivity contribution is 6.30. The van der Waals surface area contributed by atoms with E-state index >= 15 is 0 Å². The van der Waals surface area contributed by atoms with Gasteiger partial charge in [-0.15, -0.1) is 0 Å². The summed E-state index contributed by atoms with van der Waals surface area (Å²) in [6, 6.07) is 7.05. The Hall–Kier alpha value is -3.39. The number of fused-ring (bicyclic) bond motifs is 1. The Morgan fingerprint density at radius 1 is 1.38 bits per heavy atom. The van der Waals surface area contributed by atoms with Gasteiger partial charge in [-0.2, -0.15) is 14.9 Å². The van der Waals surface area contributed by atoms with Gasteiger partial charge >= 0.3 is 0 Å². The highest BCUT2D eigenvalue weighted by Crippen LogP contribution is 2.33. The second-order valence-electron chi connectivity index (χ2n) is 7.71. The average molecular weight is 487 g/mol. The smallest absolute Gasteiger partial charge is 0.283 e. The van der Waals surface area contributed by atoms with E-state index in [0.29, 0.717) is 40.4 Å². The molecule has 0 aliphatic carbocycles. The molecular formula is C23H21ClF2N6O2. The standard InChI is InChI=1S/C23H21ClF2N6O2/c1-13-18(9-14-2-3-16(24)8-15(14)4-5-27)23(31-11-17(12-31)34-7-6-33)32-22(29-13)19(10-28)20(30-32)21(25)26/h2-5,8-9,17,21,27,33H,6-7,11-12H2,1H3/b14-9+,15-4-,27-5?. The Morgan fingerprint density at radius 3 is 2.79 bits per heavy atom. The lowest BCUT2D eigenvalue weighted by Crippen LogP contribution is -2.53. The zero-order valence-electron chi connectivity index (χ0n) is 18.2. The molecule has 0 unspecified atom stereocenters. The van der Waals surface area contributed by atoms with Gasteiger partial charge in [-0.25, -0.2) is 13.8 Å². The van der Waals surface area contributed by atoms with Gasteiger partial charge in [0.25, 0.3) is 6.43 Å². The normalized spacial score (nSPS) is 15.3. The number of alkyl halides is 2. The van der Waals surface area contributed by atoms with Crippen LogP contribution in [0.2, 0.25) is 5.02 Å². The van der Waals surface area contributed by atoms with Gasteiger partial charge in [0.05, 0.1) is 25.0 Å². The molecule has 3 heterocycles. The van der Waals surface area contributed by atoms with E-state index in [-0.39, 0.29) is 30.5 Å². The lowest BCUT2D eigenvalue weighted by molar-refractivity contribution is 0.0131. The molecule has 1 fully saturated rings. The van der Waals surface area contributed by atoms with Crippen molar-refractivity contribution in [3.63, 3.8) is 0 Å². The molecule has 2 N–H and O–H groups in total. The third kappa shape index (κ3) is 4.37. The fourth-order valence-corrected chi connectivity index (χ4v) is 4.09. The number of nitrogens with one attached hydrogen (secondary N) is 1. The van der Waals surface area contributed by atoms with Crippen LogP contribution in [0.3, 0.4) is 0 Å². The quantitative estimate of drug-likeness (QED) is 0.494. The van der Waals surface area contributed by atoms with Crippen LogP contribution in [0, 0.1) is 23.7 Å². The zero-order valence-corrected chi connectivity index (χ0v) is 18.9. The number of aliphatic hydroxyl groups is 1. The van der Waals surface area contributed by atoms with Gasteiger partial charge in [0.2, 0.25) is 0 Å². The van der Waals surface area contributed by atoms with Crippen molar-refractivity contribution in [1.29, 1.82) is 10.7 Å². The molecule has 2 aromatic heterocycles. The number of rotatable bonds is 7. The van der Waals surface area contributed by atoms with Gasteiger partial charge in [0.15, 0.2) is 5.65 Å². The Balaban J connectivity index is 1.98. The van der Waals surface area contributed by atoms with E-state index < -0.39 is 12.1 Å². The molecule has 0 spiro atoms. The van der Waals surface area contributed by atoms with Crippen molar-refractivity contribution >= 4 is 41.4 Å².